The van der Waals surface area contributed by atoms with Gasteiger partial charge in [-0.1, -0.05) is 12.1 Å². The summed E-state index contributed by atoms with van der Waals surface area (Å²) < 4.78 is 17.0. The molecule has 0 bridgehead atoms. The molecule has 21 heavy (non-hydrogen) atoms. The normalized spacial score (nSPS) is 11.0. The predicted octanol–water partition coefficient (Wildman–Crippen LogP) is 2.80. The number of carbonyl (C=O) groups is 1. The number of imidazole rings is 1. The maximum atomic E-state index is 12.9. The summed E-state index contributed by atoms with van der Waals surface area (Å²) in [6.45, 7) is 2.23. The van der Waals surface area contributed by atoms with E-state index in [1.807, 2.05) is 42.8 Å². The van der Waals surface area contributed by atoms with Gasteiger partial charge < -0.3 is 0 Å². The van der Waals surface area contributed by atoms with Crippen molar-refractivity contribution in [3.63, 3.8) is 0 Å². The maximum Gasteiger partial charge on any atom is 0.254 e. The number of hydrogen-bond acceptors (Lipinski definition) is 1. The highest BCUT2D eigenvalue weighted by Gasteiger charge is 2.21. The van der Waals surface area contributed by atoms with Crippen LogP contribution in [-0.4, -0.2) is 10.4 Å². The van der Waals surface area contributed by atoms with Gasteiger partial charge in [0.1, 0.15) is 5.82 Å². The van der Waals surface area contributed by atoms with Crippen molar-refractivity contribution >= 4 is 16.8 Å². The van der Waals surface area contributed by atoms with Gasteiger partial charge in [-0.05, 0) is 36.4 Å². The summed E-state index contributed by atoms with van der Waals surface area (Å²) in [6.07, 6.45) is 0. The number of halogens is 1. The number of nitrogens with zero attached hydrogens (tertiary/aromatic N) is 2. The third-order valence-electron chi connectivity index (χ3n) is 3.88. The van der Waals surface area contributed by atoms with E-state index in [1.165, 1.54) is 24.3 Å². The lowest BCUT2D eigenvalue weighted by molar-refractivity contribution is -0.652. The van der Waals surface area contributed by atoms with Crippen molar-refractivity contribution in [1.82, 2.24) is 4.57 Å². The first kappa shape index (κ1) is 13.5. The number of ketones is 1. The fourth-order valence-corrected chi connectivity index (χ4v) is 2.58. The van der Waals surface area contributed by atoms with E-state index in [4.69, 9.17) is 0 Å². The third kappa shape index (κ3) is 2.33. The van der Waals surface area contributed by atoms with Gasteiger partial charge in [0.25, 0.3) is 5.82 Å². The Balaban J connectivity index is 2.00. The molecule has 1 heterocycles. The second-order valence-corrected chi connectivity index (χ2v) is 5.11. The number of aryl methyl sites for hydroxylation is 1. The Labute approximate surface area is 122 Å². The Morgan fingerprint density at radius 3 is 2.52 bits per heavy atom. The first-order valence-electron chi connectivity index (χ1n) is 6.80. The fourth-order valence-electron chi connectivity index (χ4n) is 2.58. The van der Waals surface area contributed by atoms with Crippen LogP contribution in [0.15, 0.2) is 48.5 Å². The van der Waals surface area contributed by atoms with Crippen molar-refractivity contribution in [3.05, 3.63) is 65.7 Å². The zero-order valence-electron chi connectivity index (χ0n) is 12.0. The number of hydrogen-bond donors (Lipinski definition) is 0. The SMILES string of the molecule is Cc1n(CC(=O)c2ccc(F)cc2)c2ccccc2[n+]1C. The summed E-state index contributed by atoms with van der Waals surface area (Å²) in [5.74, 6) is 0.645. The van der Waals surface area contributed by atoms with E-state index < -0.39 is 0 Å². The van der Waals surface area contributed by atoms with Crippen LogP contribution in [0.3, 0.4) is 0 Å². The molecule has 0 amide bonds. The molecule has 0 radical (unpaired) electrons. The van der Waals surface area contributed by atoms with Gasteiger partial charge in [-0.15, -0.1) is 0 Å². The van der Waals surface area contributed by atoms with Crippen LogP contribution in [0.4, 0.5) is 4.39 Å². The average Bonchev–Trinajstić information content (AvgIpc) is 2.73. The Kier molecular flexibility index (Phi) is 3.29. The largest absolute Gasteiger partial charge is 0.290 e. The Bertz CT molecular complexity index is 819. The number of fused-ring (bicyclic) bond motifs is 1. The Morgan fingerprint density at radius 1 is 1.14 bits per heavy atom. The number of carbonyl (C=O) groups excluding carboxylic acids is 1. The summed E-state index contributed by atoms with van der Waals surface area (Å²) in [5, 5.41) is 0. The minimum atomic E-state index is -0.333. The second kappa shape index (κ2) is 5.13. The lowest BCUT2D eigenvalue weighted by Gasteiger charge is -2.01. The van der Waals surface area contributed by atoms with Gasteiger partial charge in [-0.3, -0.25) is 4.79 Å². The van der Waals surface area contributed by atoms with Gasteiger partial charge in [-0.2, -0.15) is 0 Å². The van der Waals surface area contributed by atoms with Crippen LogP contribution in [-0.2, 0) is 13.6 Å². The number of aromatic nitrogens is 2. The molecule has 3 aromatic rings. The van der Waals surface area contributed by atoms with Crippen molar-refractivity contribution in [2.45, 2.75) is 13.5 Å². The van der Waals surface area contributed by atoms with E-state index >= 15 is 0 Å². The molecule has 4 heteroatoms. The third-order valence-corrected chi connectivity index (χ3v) is 3.88. The van der Waals surface area contributed by atoms with Crippen LogP contribution in [0.1, 0.15) is 16.2 Å². The van der Waals surface area contributed by atoms with Crippen LogP contribution < -0.4 is 4.57 Å². The Hall–Kier alpha value is -2.49. The van der Waals surface area contributed by atoms with Crippen LogP contribution >= 0.6 is 0 Å². The number of para-hydroxylation sites is 2. The molecule has 3 nitrogen and oxygen atoms in total. The molecule has 0 unspecified atom stereocenters. The molecule has 0 saturated heterocycles. The highest BCUT2D eigenvalue weighted by atomic mass is 19.1. The monoisotopic (exact) mass is 283 g/mol. The molecule has 0 spiro atoms. The summed E-state index contributed by atoms with van der Waals surface area (Å²) >= 11 is 0. The van der Waals surface area contributed by atoms with E-state index in [0.29, 0.717) is 5.56 Å². The van der Waals surface area contributed by atoms with Crippen molar-refractivity contribution in [1.29, 1.82) is 0 Å². The first-order chi connectivity index (χ1) is 10.1. The van der Waals surface area contributed by atoms with Crippen molar-refractivity contribution in [2.24, 2.45) is 7.05 Å². The molecule has 106 valence electrons. The average molecular weight is 283 g/mol. The van der Waals surface area contributed by atoms with Crippen molar-refractivity contribution in [3.8, 4) is 0 Å². The predicted molar refractivity (Wildman–Crippen MR) is 78.6 cm³/mol. The molecule has 2 aromatic carbocycles. The van der Waals surface area contributed by atoms with Gasteiger partial charge in [0.2, 0.25) is 5.78 Å². The summed E-state index contributed by atoms with van der Waals surface area (Å²) in [5.41, 5.74) is 2.63. The van der Waals surface area contributed by atoms with E-state index in [1.54, 1.807) is 0 Å². The summed E-state index contributed by atoms with van der Waals surface area (Å²) in [4.78, 5) is 12.4. The summed E-state index contributed by atoms with van der Waals surface area (Å²) in [6, 6.07) is 13.6. The lowest BCUT2D eigenvalue weighted by Crippen LogP contribution is -2.31. The van der Waals surface area contributed by atoms with E-state index in [9.17, 15) is 9.18 Å². The smallest absolute Gasteiger partial charge is 0.254 e. The van der Waals surface area contributed by atoms with E-state index in [2.05, 4.69) is 4.57 Å². The molecule has 0 atom stereocenters. The van der Waals surface area contributed by atoms with Gasteiger partial charge in [0.15, 0.2) is 17.6 Å². The minimum absolute atomic E-state index is 0.0283. The Morgan fingerprint density at radius 2 is 1.81 bits per heavy atom. The van der Waals surface area contributed by atoms with Crippen molar-refractivity contribution < 1.29 is 13.8 Å². The van der Waals surface area contributed by atoms with Crippen LogP contribution in [0, 0.1) is 12.7 Å². The topological polar surface area (TPSA) is 25.9 Å². The second-order valence-electron chi connectivity index (χ2n) is 5.11. The number of benzene rings is 2. The van der Waals surface area contributed by atoms with E-state index in [-0.39, 0.29) is 18.1 Å². The summed E-state index contributed by atoms with van der Waals surface area (Å²) in [7, 11) is 1.98. The zero-order chi connectivity index (χ0) is 15.0. The molecule has 0 saturated carbocycles. The number of Topliss-reactive ketones (excluding diaryl/α,β-unsaturated/α-hetero) is 1. The van der Waals surface area contributed by atoms with Crippen LogP contribution in [0.25, 0.3) is 11.0 Å². The minimum Gasteiger partial charge on any atom is -0.290 e. The molecule has 0 fully saturated rings. The molecular formula is C17H16FN2O+. The molecule has 3 rings (SSSR count). The van der Waals surface area contributed by atoms with Crippen LogP contribution in [0.5, 0.6) is 0 Å². The quantitative estimate of drug-likeness (QED) is 0.536. The maximum absolute atomic E-state index is 12.9. The standard InChI is InChI=1S/C17H16FN2O/c1-12-19(2)15-5-3-4-6-16(15)20(12)11-17(21)13-7-9-14(18)10-8-13/h3-10H,11H2,1-2H3/q+1. The molecule has 0 N–H and O–H groups in total. The van der Waals surface area contributed by atoms with Gasteiger partial charge >= 0.3 is 0 Å². The van der Waals surface area contributed by atoms with E-state index in [0.717, 1.165) is 16.9 Å². The highest BCUT2D eigenvalue weighted by molar-refractivity contribution is 5.96. The molecule has 0 aliphatic rings. The van der Waals surface area contributed by atoms with Gasteiger partial charge in [0, 0.05) is 12.5 Å². The molecular weight excluding hydrogens is 267 g/mol. The fraction of sp³-hybridized carbons (Fsp3) is 0.176. The molecule has 0 aliphatic heterocycles. The van der Waals surface area contributed by atoms with Crippen LogP contribution in [0.2, 0.25) is 0 Å². The molecule has 0 aliphatic carbocycles. The zero-order valence-corrected chi connectivity index (χ0v) is 12.0. The lowest BCUT2D eigenvalue weighted by atomic mass is 10.1. The number of rotatable bonds is 3. The first-order valence-corrected chi connectivity index (χ1v) is 6.80. The van der Waals surface area contributed by atoms with Gasteiger partial charge in [0.05, 0.1) is 7.05 Å². The van der Waals surface area contributed by atoms with Gasteiger partial charge in [-0.25, -0.2) is 13.5 Å². The highest BCUT2D eigenvalue weighted by Crippen LogP contribution is 2.15. The van der Waals surface area contributed by atoms with Crippen molar-refractivity contribution in [2.75, 3.05) is 0 Å². The molecule has 1 aromatic heterocycles.